The summed E-state index contributed by atoms with van der Waals surface area (Å²) in [5, 5.41) is 2.06. The molecule has 3 aromatic rings. The van der Waals surface area contributed by atoms with E-state index in [9.17, 15) is 0 Å². The summed E-state index contributed by atoms with van der Waals surface area (Å²) in [6.07, 6.45) is 9.69. The third kappa shape index (κ3) is 6.61. The van der Waals surface area contributed by atoms with Crippen LogP contribution in [0.25, 0.3) is 21.8 Å². The van der Waals surface area contributed by atoms with Crippen molar-refractivity contribution >= 4 is 21.8 Å². The summed E-state index contributed by atoms with van der Waals surface area (Å²) in [6, 6.07) is 8.39. The fraction of sp³-hybridized carbons (Fsp3) is 0.600. The lowest BCUT2D eigenvalue weighted by atomic mass is 10.0. The molecular formula is C30H44N2O2. The monoisotopic (exact) mass is 464 g/mol. The molecule has 2 heterocycles. The second kappa shape index (κ2) is 12.9. The Balaban J connectivity index is 1.93. The first-order chi connectivity index (χ1) is 16.5. The molecule has 2 atom stereocenters. The molecule has 0 aliphatic rings. The first-order valence-corrected chi connectivity index (χ1v) is 13.5. The van der Waals surface area contributed by atoms with Crippen molar-refractivity contribution in [3.05, 3.63) is 35.7 Å². The Bertz CT molecular complexity index is 978. The van der Waals surface area contributed by atoms with Gasteiger partial charge in [0.2, 0.25) is 0 Å². The fourth-order valence-corrected chi connectivity index (χ4v) is 4.61. The molecule has 2 unspecified atom stereocenters. The van der Waals surface area contributed by atoms with Gasteiger partial charge in [0.1, 0.15) is 22.5 Å². The van der Waals surface area contributed by atoms with Crippen LogP contribution in [0.3, 0.4) is 0 Å². The van der Waals surface area contributed by atoms with Gasteiger partial charge >= 0.3 is 0 Å². The lowest BCUT2D eigenvalue weighted by Crippen LogP contribution is -2.12. The average Bonchev–Trinajstić information content (AvgIpc) is 2.83. The molecule has 0 radical (unpaired) electrons. The maximum Gasteiger partial charge on any atom is 0.130 e. The number of pyridine rings is 2. The highest BCUT2D eigenvalue weighted by atomic mass is 16.5. The van der Waals surface area contributed by atoms with Crippen LogP contribution in [0.2, 0.25) is 0 Å². The molecule has 2 aromatic heterocycles. The zero-order valence-electron chi connectivity index (χ0n) is 22.2. The van der Waals surface area contributed by atoms with Crippen LogP contribution in [-0.4, -0.2) is 23.2 Å². The minimum Gasteiger partial charge on any atom is -0.493 e. The van der Waals surface area contributed by atoms with Crippen molar-refractivity contribution in [3.63, 3.8) is 0 Å². The normalized spacial score (nSPS) is 13.4. The number of ether oxygens (including phenoxy) is 2. The van der Waals surface area contributed by atoms with Gasteiger partial charge in [-0.1, -0.05) is 66.2 Å². The van der Waals surface area contributed by atoms with E-state index in [1.54, 1.807) is 0 Å². The molecule has 0 N–H and O–H groups in total. The Morgan fingerprint density at radius 2 is 1.09 bits per heavy atom. The Hall–Kier alpha value is -2.36. The van der Waals surface area contributed by atoms with E-state index in [2.05, 4.69) is 52.0 Å². The summed E-state index contributed by atoms with van der Waals surface area (Å²) >= 11 is 0. The van der Waals surface area contributed by atoms with Gasteiger partial charge in [-0.15, -0.1) is 0 Å². The number of rotatable bonds is 14. The highest BCUT2D eigenvalue weighted by Gasteiger charge is 2.16. The summed E-state index contributed by atoms with van der Waals surface area (Å²) in [5.41, 5.74) is 3.71. The van der Waals surface area contributed by atoms with E-state index in [-0.39, 0.29) is 0 Å². The van der Waals surface area contributed by atoms with Crippen LogP contribution in [0.1, 0.15) is 90.4 Å². The van der Waals surface area contributed by atoms with Crippen LogP contribution in [0.15, 0.2) is 24.3 Å². The first kappa shape index (κ1) is 26.2. The van der Waals surface area contributed by atoms with Crippen molar-refractivity contribution in [1.29, 1.82) is 0 Å². The number of hydrogen-bond acceptors (Lipinski definition) is 4. The summed E-state index contributed by atoms with van der Waals surface area (Å²) in [4.78, 5) is 9.79. The number of aromatic nitrogens is 2. The first-order valence-electron chi connectivity index (χ1n) is 13.5. The molecule has 3 rings (SSSR count). The molecule has 0 saturated carbocycles. The van der Waals surface area contributed by atoms with E-state index in [1.165, 1.54) is 38.5 Å². The third-order valence-corrected chi connectivity index (χ3v) is 6.97. The number of aryl methyl sites for hydroxylation is 2. The maximum absolute atomic E-state index is 6.39. The van der Waals surface area contributed by atoms with Crippen LogP contribution in [0.4, 0.5) is 0 Å². The quantitative estimate of drug-likeness (QED) is 0.224. The topological polar surface area (TPSA) is 44.2 Å². The molecule has 0 aliphatic heterocycles. The van der Waals surface area contributed by atoms with Gasteiger partial charge in [0.05, 0.1) is 13.2 Å². The smallest absolute Gasteiger partial charge is 0.130 e. The minimum atomic E-state index is 0.587. The molecule has 186 valence electrons. The standard InChI is InChI=1S/C30H44N2O2/c1-7-11-13-23(9-3)19-33-27-17-21(5)31-29-25(27)15-16-26-28(18-22(6)32-30(26)29)34-20-24(10-4)14-12-8-2/h15-18,23-24H,7-14,19-20H2,1-6H3. The SMILES string of the molecule is CCCCC(CC)COc1cc(C)nc2c1ccc1c(OCC(CC)CCCC)cc(C)nc12. The summed E-state index contributed by atoms with van der Waals surface area (Å²) in [7, 11) is 0. The van der Waals surface area contributed by atoms with Gasteiger partial charge in [-0.25, -0.2) is 0 Å². The van der Waals surface area contributed by atoms with Crippen LogP contribution in [0, 0.1) is 25.7 Å². The van der Waals surface area contributed by atoms with Gasteiger partial charge in [0.25, 0.3) is 0 Å². The molecule has 0 spiro atoms. The number of hydrogen-bond donors (Lipinski definition) is 0. The molecule has 1 aromatic carbocycles. The second-order valence-electron chi connectivity index (χ2n) is 9.84. The van der Waals surface area contributed by atoms with Crippen molar-refractivity contribution in [2.45, 2.75) is 92.9 Å². The zero-order chi connectivity index (χ0) is 24.5. The van der Waals surface area contributed by atoms with Crippen molar-refractivity contribution in [2.24, 2.45) is 11.8 Å². The summed E-state index contributed by atoms with van der Waals surface area (Å²) in [5.74, 6) is 3.00. The Labute approximate surface area is 206 Å². The van der Waals surface area contributed by atoms with Crippen molar-refractivity contribution in [2.75, 3.05) is 13.2 Å². The molecule has 0 aliphatic carbocycles. The van der Waals surface area contributed by atoms with Crippen LogP contribution in [-0.2, 0) is 0 Å². The second-order valence-corrected chi connectivity index (χ2v) is 9.84. The zero-order valence-corrected chi connectivity index (χ0v) is 22.2. The van der Waals surface area contributed by atoms with Gasteiger partial charge in [0, 0.05) is 34.3 Å². The van der Waals surface area contributed by atoms with E-state index in [0.717, 1.165) is 70.7 Å². The highest BCUT2D eigenvalue weighted by molar-refractivity contribution is 6.07. The number of fused-ring (bicyclic) bond motifs is 3. The van der Waals surface area contributed by atoms with E-state index in [1.807, 2.05) is 13.8 Å². The van der Waals surface area contributed by atoms with Gasteiger partial charge < -0.3 is 9.47 Å². The number of nitrogens with zero attached hydrogens (tertiary/aromatic N) is 2. The summed E-state index contributed by atoms with van der Waals surface area (Å²) < 4.78 is 12.8. The maximum atomic E-state index is 6.39. The van der Waals surface area contributed by atoms with Gasteiger partial charge in [-0.05, 0) is 50.7 Å². The Kier molecular flexibility index (Phi) is 9.98. The highest BCUT2D eigenvalue weighted by Crippen LogP contribution is 2.35. The molecule has 4 heteroatoms. The number of benzene rings is 1. The molecule has 34 heavy (non-hydrogen) atoms. The van der Waals surface area contributed by atoms with Gasteiger partial charge in [0.15, 0.2) is 0 Å². The molecule has 4 nitrogen and oxygen atoms in total. The van der Waals surface area contributed by atoms with Crippen molar-refractivity contribution < 1.29 is 9.47 Å². The third-order valence-electron chi connectivity index (χ3n) is 6.97. The van der Waals surface area contributed by atoms with E-state index < -0.39 is 0 Å². The number of unbranched alkanes of at least 4 members (excludes halogenated alkanes) is 2. The van der Waals surface area contributed by atoms with E-state index >= 15 is 0 Å². The molecule has 0 bridgehead atoms. The molecular weight excluding hydrogens is 420 g/mol. The summed E-state index contributed by atoms with van der Waals surface area (Å²) in [6.45, 7) is 14.6. The van der Waals surface area contributed by atoms with Crippen molar-refractivity contribution in [1.82, 2.24) is 9.97 Å². The fourth-order valence-electron chi connectivity index (χ4n) is 4.61. The molecule has 0 fully saturated rings. The predicted molar refractivity (Wildman–Crippen MR) is 144 cm³/mol. The average molecular weight is 465 g/mol. The van der Waals surface area contributed by atoms with Crippen LogP contribution in [0.5, 0.6) is 11.5 Å². The van der Waals surface area contributed by atoms with Crippen LogP contribution >= 0.6 is 0 Å². The van der Waals surface area contributed by atoms with Crippen molar-refractivity contribution in [3.8, 4) is 11.5 Å². The van der Waals surface area contributed by atoms with Gasteiger partial charge in [-0.3, -0.25) is 9.97 Å². The lowest BCUT2D eigenvalue weighted by Gasteiger charge is -2.19. The Morgan fingerprint density at radius 1 is 0.676 bits per heavy atom. The van der Waals surface area contributed by atoms with Gasteiger partial charge in [-0.2, -0.15) is 0 Å². The van der Waals surface area contributed by atoms with Crippen LogP contribution < -0.4 is 9.47 Å². The van der Waals surface area contributed by atoms with E-state index in [0.29, 0.717) is 11.8 Å². The van der Waals surface area contributed by atoms with E-state index in [4.69, 9.17) is 19.4 Å². The largest absolute Gasteiger partial charge is 0.493 e. The predicted octanol–water partition coefficient (Wildman–Crippen LogP) is 8.59. The minimum absolute atomic E-state index is 0.587. The molecule has 0 saturated heterocycles. The molecule has 0 amide bonds. The lowest BCUT2D eigenvalue weighted by molar-refractivity contribution is 0.235. The Morgan fingerprint density at radius 3 is 1.44 bits per heavy atom.